The first-order valence-electron chi connectivity index (χ1n) is 5.88. The first-order chi connectivity index (χ1) is 9.16. The predicted molar refractivity (Wildman–Crippen MR) is 77.0 cm³/mol. The Balaban J connectivity index is 1.99. The fourth-order valence-corrected chi connectivity index (χ4v) is 1.76. The highest BCUT2D eigenvalue weighted by Gasteiger charge is 2.05. The van der Waals surface area contributed by atoms with Crippen molar-refractivity contribution in [2.75, 3.05) is 6.54 Å². The molecule has 0 saturated heterocycles. The summed E-state index contributed by atoms with van der Waals surface area (Å²) in [5, 5.41) is 20.1. The number of aliphatic hydroxyl groups is 1. The van der Waals surface area contributed by atoms with Gasteiger partial charge in [-0.1, -0.05) is 35.9 Å². The normalized spacial score (nSPS) is 12.7. The van der Waals surface area contributed by atoms with Gasteiger partial charge in [-0.15, -0.1) is 0 Å². The van der Waals surface area contributed by atoms with Crippen molar-refractivity contribution < 1.29 is 10.2 Å². The number of nitrogens with zero attached hydrogens (tertiary/aromatic N) is 1. The predicted octanol–water partition coefficient (Wildman–Crippen LogP) is 3.20. The minimum absolute atomic E-state index is 0.173. The lowest BCUT2D eigenvalue weighted by Gasteiger charge is -2.07. The van der Waals surface area contributed by atoms with Gasteiger partial charge in [0.15, 0.2) is 0 Å². The molecule has 0 heterocycles. The largest absolute Gasteiger partial charge is 0.507 e. The van der Waals surface area contributed by atoms with Crippen LogP contribution in [0.3, 0.4) is 0 Å². The minimum Gasteiger partial charge on any atom is -0.507 e. The Hall–Kier alpha value is -1.84. The SMILES string of the molecule is Oc1ccccc1C=NCC(O)c1ccc(Cl)cc1. The molecule has 2 N–H and O–H groups in total. The summed E-state index contributed by atoms with van der Waals surface area (Å²) in [6.07, 6.45) is 0.869. The highest BCUT2D eigenvalue weighted by Crippen LogP contribution is 2.17. The molecular formula is C15H14ClNO2. The zero-order valence-corrected chi connectivity index (χ0v) is 11.0. The number of benzene rings is 2. The number of halogens is 1. The lowest BCUT2D eigenvalue weighted by molar-refractivity contribution is 0.187. The molecule has 1 unspecified atom stereocenters. The fourth-order valence-electron chi connectivity index (χ4n) is 1.64. The Labute approximate surface area is 116 Å². The van der Waals surface area contributed by atoms with Gasteiger partial charge in [0, 0.05) is 16.8 Å². The van der Waals surface area contributed by atoms with Gasteiger partial charge in [-0.25, -0.2) is 0 Å². The summed E-state index contributed by atoms with van der Waals surface area (Å²) in [7, 11) is 0. The lowest BCUT2D eigenvalue weighted by Crippen LogP contribution is -2.01. The molecule has 3 nitrogen and oxygen atoms in total. The molecule has 0 amide bonds. The van der Waals surface area contributed by atoms with Gasteiger partial charge in [-0.3, -0.25) is 4.99 Å². The second kappa shape index (κ2) is 6.36. The maximum Gasteiger partial charge on any atom is 0.124 e. The topological polar surface area (TPSA) is 52.8 Å². The number of phenolic OH excluding ortho intramolecular Hbond substituents is 1. The van der Waals surface area contributed by atoms with Crippen LogP contribution in [0.25, 0.3) is 0 Å². The van der Waals surface area contributed by atoms with E-state index in [4.69, 9.17) is 11.6 Å². The van der Waals surface area contributed by atoms with Crippen LogP contribution in [-0.2, 0) is 0 Å². The second-order valence-corrected chi connectivity index (χ2v) is 4.56. The van der Waals surface area contributed by atoms with E-state index in [0.29, 0.717) is 10.6 Å². The fraction of sp³-hybridized carbons (Fsp3) is 0.133. The van der Waals surface area contributed by atoms with Gasteiger partial charge in [0.05, 0.1) is 12.6 Å². The van der Waals surface area contributed by atoms with Crippen molar-refractivity contribution in [1.82, 2.24) is 0 Å². The van der Waals surface area contributed by atoms with Crippen LogP contribution in [0.2, 0.25) is 5.02 Å². The van der Waals surface area contributed by atoms with Crippen molar-refractivity contribution in [3.8, 4) is 5.75 Å². The van der Waals surface area contributed by atoms with E-state index in [2.05, 4.69) is 4.99 Å². The molecule has 4 heteroatoms. The Kier molecular flexibility index (Phi) is 4.55. The highest BCUT2D eigenvalue weighted by atomic mass is 35.5. The number of hydrogen-bond acceptors (Lipinski definition) is 3. The van der Waals surface area contributed by atoms with E-state index < -0.39 is 6.10 Å². The van der Waals surface area contributed by atoms with Gasteiger partial charge in [0.2, 0.25) is 0 Å². The van der Waals surface area contributed by atoms with E-state index in [1.165, 1.54) is 0 Å². The summed E-state index contributed by atoms with van der Waals surface area (Å²) < 4.78 is 0. The number of aromatic hydroxyl groups is 1. The number of phenols is 1. The van der Waals surface area contributed by atoms with Crippen LogP contribution in [0, 0.1) is 0 Å². The molecule has 0 aliphatic heterocycles. The van der Waals surface area contributed by atoms with Crippen molar-refractivity contribution >= 4 is 17.8 Å². The van der Waals surface area contributed by atoms with E-state index in [1.807, 2.05) is 6.07 Å². The van der Waals surface area contributed by atoms with Gasteiger partial charge in [0.25, 0.3) is 0 Å². The van der Waals surface area contributed by atoms with E-state index in [1.54, 1.807) is 48.7 Å². The van der Waals surface area contributed by atoms with Crippen LogP contribution in [0.15, 0.2) is 53.5 Å². The molecule has 0 bridgehead atoms. The molecule has 2 aromatic rings. The Morgan fingerprint density at radius 1 is 1.11 bits per heavy atom. The maximum absolute atomic E-state index is 9.94. The lowest BCUT2D eigenvalue weighted by atomic mass is 10.1. The quantitative estimate of drug-likeness (QED) is 0.842. The summed E-state index contributed by atoms with van der Waals surface area (Å²) in [6, 6.07) is 13.9. The summed E-state index contributed by atoms with van der Waals surface area (Å²) in [4.78, 5) is 4.13. The molecule has 0 saturated carbocycles. The van der Waals surface area contributed by atoms with E-state index >= 15 is 0 Å². The highest BCUT2D eigenvalue weighted by molar-refractivity contribution is 6.30. The number of aliphatic hydroxyl groups excluding tert-OH is 1. The van der Waals surface area contributed by atoms with Crippen LogP contribution >= 0.6 is 11.6 Å². The van der Waals surface area contributed by atoms with Gasteiger partial charge in [0.1, 0.15) is 5.75 Å². The second-order valence-electron chi connectivity index (χ2n) is 4.12. The van der Waals surface area contributed by atoms with Gasteiger partial charge >= 0.3 is 0 Å². The van der Waals surface area contributed by atoms with Crippen LogP contribution in [0.1, 0.15) is 17.2 Å². The first-order valence-corrected chi connectivity index (χ1v) is 6.26. The monoisotopic (exact) mass is 275 g/mol. The number of para-hydroxylation sites is 1. The number of hydrogen-bond donors (Lipinski definition) is 2. The zero-order valence-electron chi connectivity index (χ0n) is 10.2. The van der Waals surface area contributed by atoms with Crippen LogP contribution in [0.5, 0.6) is 5.75 Å². The van der Waals surface area contributed by atoms with E-state index in [-0.39, 0.29) is 12.3 Å². The van der Waals surface area contributed by atoms with Gasteiger partial charge in [-0.2, -0.15) is 0 Å². The molecule has 1 atom stereocenters. The molecule has 0 radical (unpaired) electrons. The van der Waals surface area contributed by atoms with E-state index in [9.17, 15) is 10.2 Å². The van der Waals surface area contributed by atoms with Gasteiger partial charge in [-0.05, 0) is 29.8 Å². The smallest absolute Gasteiger partial charge is 0.124 e. The Morgan fingerprint density at radius 3 is 2.47 bits per heavy atom. The molecule has 0 spiro atoms. The summed E-state index contributed by atoms with van der Waals surface area (Å²) >= 11 is 5.78. The average molecular weight is 276 g/mol. The molecule has 2 aromatic carbocycles. The molecular weight excluding hydrogens is 262 g/mol. The average Bonchev–Trinajstić information content (AvgIpc) is 2.41. The van der Waals surface area contributed by atoms with Crippen LogP contribution in [0.4, 0.5) is 0 Å². The molecule has 2 rings (SSSR count). The zero-order chi connectivity index (χ0) is 13.7. The van der Waals surface area contributed by atoms with Crippen LogP contribution < -0.4 is 0 Å². The van der Waals surface area contributed by atoms with Gasteiger partial charge < -0.3 is 10.2 Å². The Morgan fingerprint density at radius 2 is 1.79 bits per heavy atom. The van der Waals surface area contributed by atoms with Crippen molar-refractivity contribution in [2.45, 2.75) is 6.10 Å². The molecule has 0 aromatic heterocycles. The third kappa shape index (κ3) is 3.81. The van der Waals surface area contributed by atoms with Crippen LogP contribution in [-0.4, -0.2) is 23.0 Å². The number of aliphatic imine (C=N–C) groups is 1. The van der Waals surface area contributed by atoms with Crippen molar-refractivity contribution in [1.29, 1.82) is 0 Å². The molecule has 0 aliphatic carbocycles. The number of rotatable bonds is 4. The molecule has 19 heavy (non-hydrogen) atoms. The van der Waals surface area contributed by atoms with Crippen molar-refractivity contribution in [2.24, 2.45) is 4.99 Å². The third-order valence-electron chi connectivity index (χ3n) is 2.70. The minimum atomic E-state index is -0.681. The van der Waals surface area contributed by atoms with Crippen molar-refractivity contribution in [3.63, 3.8) is 0 Å². The molecule has 0 aliphatic rings. The van der Waals surface area contributed by atoms with Crippen molar-refractivity contribution in [3.05, 3.63) is 64.7 Å². The summed E-state index contributed by atoms with van der Waals surface area (Å²) in [6.45, 7) is 0.232. The molecule has 0 fully saturated rings. The standard InChI is InChI=1S/C15H14ClNO2/c16-13-7-5-11(6-8-13)15(19)10-17-9-12-3-1-2-4-14(12)18/h1-9,15,18-19H,10H2. The molecule has 98 valence electrons. The maximum atomic E-state index is 9.94. The van der Waals surface area contributed by atoms with E-state index in [0.717, 1.165) is 5.56 Å². The first kappa shape index (κ1) is 13.6. The third-order valence-corrected chi connectivity index (χ3v) is 2.95. The summed E-state index contributed by atoms with van der Waals surface area (Å²) in [5.41, 5.74) is 1.39. The Bertz CT molecular complexity index is 567. The summed E-state index contributed by atoms with van der Waals surface area (Å²) in [5.74, 6) is 0.173.